The lowest BCUT2D eigenvalue weighted by Gasteiger charge is -2.38. The van der Waals surface area contributed by atoms with Crippen LogP contribution in [0.5, 0.6) is 0 Å². The van der Waals surface area contributed by atoms with Crippen LogP contribution in [-0.2, 0) is 11.3 Å². The first-order valence-electron chi connectivity index (χ1n) is 12.6. The highest BCUT2D eigenvalue weighted by atomic mass is 79.9. The Kier molecular flexibility index (Phi) is 7.32. The second kappa shape index (κ2) is 10.6. The number of hydrogen-bond acceptors (Lipinski definition) is 4. The summed E-state index contributed by atoms with van der Waals surface area (Å²) in [5, 5.41) is 0. The average molecular weight is 525 g/mol. The van der Waals surface area contributed by atoms with Gasteiger partial charge in [-0.25, -0.2) is 4.98 Å². The fourth-order valence-corrected chi connectivity index (χ4v) is 5.63. The molecule has 1 amide bonds. The quantitative estimate of drug-likeness (QED) is 0.475. The normalized spacial score (nSPS) is 18.6. The molecular weight excluding hydrogens is 490 g/mol. The van der Waals surface area contributed by atoms with E-state index in [1.54, 1.807) is 0 Å². The van der Waals surface area contributed by atoms with Crippen molar-refractivity contribution in [1.29, 1.82) is 0 Å². The largest absolute Gasteiger partial charge is 0.340 e. The molecule has 0 spiro atoms. The summed E-state index contributed by atoms with van der Waals surface area (Å²) in [6, 6.07) is 16.8. The van der Waals surface area contributed by atoms with Gasteiger partial charge in [0.2, 0.25) is 5.91 Å². The van der Waals surface area contributed by atoms with Gasteiger partial charge in [0.25, 0.3) is 0 Å². The number of carbonyl (C=O) groups excluding carboxylic acids is 1. The average Bonchev–Trinajstić information content (AvgIpc) is 3.23. The zero-order valence-electron chi connectivity index (χ0n) is 20.0. The summed E-state index contributed by atoms with van der Waals surface area (Å²) in [5.41, 5.74) is 3.28. The van der Waals surface area contributed by atoms with Crippen LogP contribution in [0.4, 0.5) is 0 Å². The van der Waals surface area contributed by atoms with E-state index in [0.29, 0.717) is 5.91 Å². The van der Waals surface area contributed by atoms with Crippen LogP contribution in [0.25, 0.3) is 16.7 Å². The van der Waals surface area contributed by atoms with Gasteiger partial charge in [-0.3, -0.25) is 19.2 Å². The van der Waals surface area contributed by atoms with Gasteiger partial charge in [-0.05, 0) is 75.3 Å². The highest BCUT2D eigenvalue weighted by Crippen LogP contribution is 2.26. The van der Waals surface area contributed by atoms with Gasteiger partial charge in [0.05, 0.1) is 17.6 Å². The molecule has 0 atom stereocenters. The molecule has 0 radical (unpaired) electrons. The number of piperazine rings is 1. The van der Waals surface area contributed by atoms with Crippen molar-refractivity contribution < 1.29 is 4.79 Å². The number of aromatic nitrogens is 2. The fourth-order valence-electron chi connectivity index (χ4n) is 5.36. The van der Waals surface area contributed by atoms with Crippen molar-refractivity contribution in [3.63, 3.8) is 0 Å². The standard InChI is InChI=1S/C27H34BrN5O/c1-2-13-30-16-18-32(19-17-30)27(34)21-11-14-31(15-12-21)20-26-29-24-5-3-4-6-25(24)33(26)23-9-7-22(28)8-10-23/h3-10,21H,2,11-20H2,1H3. The van der Waals surface area contributed by atoms with E-state index >= 15 is 0 Å². The van der Waals surface area contributed by atoms with Crippen molar-refractivity contribution in [3.05, 3.63) is 58.8 Å². The molecule has 5 rings (SSSR count). The zero-order chi connectivity index (χ0) is 23.5. The molecule has 3 heterocycles. The molecule has 6 nitrogen and oxygen atoms in total. The molecule has 180 valence electrons. The summed E-state index contributed by atoms with van der Waals surface area (Å²) >= 11 is 3.55. The molecule has 7 heteroatoms. The number of carbonyl (C=O) groups is 1. The van der Waals surface area contributed by atoms with Gasteiger partial charge in [-0.15, -0.1) is 0 Å². The van der Waals surface area contributed by atoms with Crippen LogP contribution in [0.2, 0.25) is 0 Å². The molecular formula is C27H34BrN5O. The van der Waals surface area contributed by atoms with E-state index in [2.05, 4.69) is 84.6 Å². The molecule has 2 aliphatic heterocycles. The van der Waals surface area contributed by atoms with Crippen LogP contribution in [0.3, 0.4) is 0 Å². The third kappa shape index (κ3) is 5.07. The van der Waals surface area contributed by atoms with E-state index in [1.165, 1.54) is 6.42 Å². The van der Waals surface area contributed by atoms with E-state index in [-0.39, 0.29) is 5.92 Å². The first kappa shape index (κ1) is 23.5. The molecule has 2 aromatic carbocycles. The zero-order valence-corrected chi connectivity index (χ0v) is 21.6. The summed E-state index contributed by atoms with van der Waals surface area (Å²) in [7, 11) is 0. The van der Waals surface area contributed by atoms with Gasteiger partial charge in [-0.2, -0.15) is 0 Å². The summed E-state index contributed by atoms with van der Waals surface area (Å²) < 4.78 is 3.34. The number of halogens is 1. The lowest BCUT2D eigenvalue weighted by atomic mass is 9.95. The maximum absolute atomic E-state index is 13.1. The lowest BCUT2D eigenvalue weighted by Crippen LogP contribution is -2.51. The number of amides is 1. The Morgan fingerprint density at radius 3 is 2.35 bits per heavy atom. The molecule has 1 aromatic heterocycles. The van der Waals surface area contributed by atoms with E-state index in [4.69, 9.17) is 4.98 Å². The van der Waals surface area contributed by atoms with Crippen molar-refractivity contribution in [3.8, 4) is 5.69 Å². The van der Waals surface area contributed by atoms with Crippen LogP contribution < -0.4 is 0 Å². The van der Waals surface area contributed by atoms with Crippen LogP contribution in [0.1, 0.15) is 32.0 Å². The number of nitrogens with zero attached hydrogens (tertiary/aromatic N) is 5. The van der Waals surface area contributed by atoms with Gasteiger partial charge in [-0.1, -0.05) is 35.0 Å². The summed E-state index contributed by atoms with van der Waals surface area (Å²) in [5.74, 6) is 1.59. The summed E-state index contributed by atoms with van der Waals surface area (Å²) in [6.45, 7) is 9.85. The number of hydrogen-bond donors (Lipinski definition) is 0. The minimum Gasteiger partial charge on any atom is -0.340 e. The highest BCUT2D eigenvalue weighted by molar-refractivity contribution is 9.10. The first-order chi connectivity index (χ1) is 16.6. The number of piperidine rings is 1. The van der Waals surface area contributed by atoms with Crippen LogP contribution in [0.15, 0.2) is 53.0 Å². The second-order valence-corrected chi connectivity index (χ2v) is 10.5. The maximum atomic E-state index is 13.1. The van der Waals surface area contributed by atoms with Gasteiger partial charge >= 0.3 is 0 Å². The van der Waals surface area contributed by atoms with Crippen molar-refractivity contribution in [1.82, 2.24) is 24.3 Å². The number of benzene rings is 2. The van der Waals surface area contributed by atoms with Crippen molar-refractivity contribution in [2.75, 3.05) is 45.8 Å². The number of likely N-dealkylation sites (tertiary alicyclic amines) is 1. The van der Waals surface area contributed by atoms with Crippen LogP contribution in [0, 0.1) is 5.92 Å². The fraction of sp³-hybridized carbons (Fsp3) is 0.481. The van der Waals surface area contributed by atoms with Crippen molar-refractivity contribution in [2.45, 2.75) is 32.7 Å². The minimum absolute atomic E-state index is 0.166. The van der Waals surface area contributed by atoms with Crippen molar-refractivity contribution >= 4 is 32.9 Å². The molecule has 34 heavy (non-hydrogen) atoms. The third-order valence-electron chi connectivity index (χ3n) is 7.24. The van der Waals surface area contributed by atoms with Gasteiger partial charge in [0, 0.05) is 42.3 Å². The monoisotopic (exact) mass is 523 g/mol. The molecule has 0 unspecified atom stereocenters. The number of rotatable bonds is 6. The molecule has 0 saturated carbocycles. The van der Waals surface area contributed by atoms with Crippen LogP contribution >= 0.6 is 15.9 Å². The second-order valence-electron chi connectivity index (χ2n) is 9.55. The number of imidazole rings is 1. The first-order valence-corrected chi connectivity index (χ1v) is 13.4. The van der Waals surface area contributed by atoms with Crippen molar-refractivity contribution in [2.24, 2.45) is 5.92 Å². The Hall–Kier alpha value is -2.22. The molecule has 2 aliphatic rings. The molecule has 2 saturated heterocycles. The van der Waals surface area contributed by atoms with E-state index in [0.717, 1.165) is 92.2 Å². The van der Waals surface area contributed by atoms with Gasteiger partial charge < -0.3 is 4.90 Å². The topological polar surface area (TPSA) is 44.6 Å². The smallest absolute Gasteiger partial charge is 0.225 e. The predicted molar refractivity (Wildman–Crippen MR) is 140 cm³/mol. The third-order valence-corrected chi connectivity index (χ3v) is 7.77. The Balaban J connectivity index is 1.24. The van der Waals surface area contributed by atoms with E-state index in [1.807, 2.05) is 6.07 Å². The molecule has 2 fully saturated rings. The molecule has 0 bridgehead atoms. The molecule has 0 N–H and O–H groups in total. The summed E-state index contributed by atoms with van der Waals surface area (Å²) in [6.07, 6.45) is 3.06. The van der Waals surface area contributed by atoms with E-state index in [9.17, 15) is 4.79 Å². The Bertz CT molecular complexity index is 1110. The predicted octanol–water partition coefficient (Wildman–Crippen LogP) is 4.55. The number of fused-ring (bicyclic) bond motifs is 1. The molecule has 0 aliphatic carbocycles. The lowest BCUT2D eigenvalue weighted by molar-refractivity contribution is -0.138. The molecule has 3 aromatic rings. The van der Waals surface area contributed by atoms with E-state index < -0.39 is 0 Å². The Morgan fingerprint density at radius 2 is 1.65 bits per heavy atom. The maximum Gasteiger partial charge on any atom is 0.225 e. The van der Waals surface area contributed by atoms with Crippen LogP contribution in [-0.4, -0.2) is 76.0 Å². The Labute approximate surface area is 210 Å². The number of para-hydroxylation sites is 2. The SMILES string of the molecule is CCCN1CCN(C(=O)C2CCN(Cc3nc4ccccc4n3-c3ccc(Br)cc3)CC2)CC1. The van der Waals surface area contributed by atoms with Gasteiger partial charge in [0.15, 0.2) is 0 Å². The Morgan fingerprint density at radius 1 is 0.941 bits per heavy atom. The minimum atomic E-state index is 0.166. The highest BCUT2D eigenvalue weighted by Gasteiger charge is 2.30. The summed E-state index contributed by atoms with van der Waals surface area (Å²) in [4.78, 5) is 25.2. The van der Waals surface area contributed by atoms with Gasteiger partial charge in [0.1, 0.15) is 5.82 Å².